The van der Waals surface area contributed by atoms with Crippen molar-refractivity contribution in [3.05, 3.63) is 29.3 Å². The van der Waals surface area contributed by atoms with Crippen molar-refractivity contribution in [2.24, 2.45) is 5.73 Å². The molecule has 0 aliphatic heterocycles. The number of nitrogens with one attached hydrogen (secondary N) is 1. The molecule has 0 saturated carbocycles. The van der Waals surface area contributed by atoms with E-state index in [0.717, 1.165) is 0 Å². The molecule has 6 nitrogen and oxygen atoms in total. The number of carbonyl (C=O) groups excluding carboxylic acids is 3. The summed E-state index contributed by atoms with van der Waals surface area (Å²) >= 11 is 0. The van der Waals surface area contributed by atoms with Crippen molar-refractivity contribution in [3.63, 3.8) is 0 Å². The minimum atomic E-state index is -0.626. The zero-order valence-corrected chi connectivity index (χ0v) is 9.56. The van der Waals surface area contributed by atoms with Gasteiger partial charge in [0.05, 0.1) is 5.69 Å². The summed E-state index contributed by atoms with van der Waals surface area (Å²) in [5, 5.41) is 2.53. The molecule has 0 atom stereocenters. The summed E-state index contributed by atoms with van der Waals surface area (Å²) < 4.78 is 0. The topological polar surface area (TPSA) is 92.5 Å². The average Bonchev–Trinajstić information content (AvgIpc) is 2.28. The maximum Gasteiger partial charge on any atom is 0.321 e. The fraction of sp³-hybridized carbons (Fsp3) is 0.182. The first-order valence-electron chi connectivity index (χ1n) is 4.83. The molecule has 0 aliphatic rings. The van der Waals surface area contributed by atoms with Crippen LogP contribution in [0.3, 0.4) is 0 Å². The number of nitrogens with zero attached hydrogens (tertiary/aromatic N) is 1. The first kappa shape index (κ1) is 12.7. The second kappa shape index (κ2) is 5.11. The number of hydrogen-bond donors (Lipinski definition) is 2. The lowest BCUT2D eigenvalue weighted by Crippen LogP contribution is -2.27. The van der Waals surface area contributed by atoms with Gasteiger partial charge in [0.1, 0.15) is 0 Å². The van der Waals surface area contributed by atoms with Crippen molar-refractivity contribution >= 4 is 23.9 Å². The Morgan fingerprint density at radius 3 is 2.47 bits per heavy atom. The maximum absolute atomic E-state index is 11.4. The zero-order chi connectivity index (χ0) is 13.0. The molecular weight excluding hydrogens is 222 g/mol. The molecule has 1 aromatic carbocycles. The summed E-state index contributed by atoms with van der Waals surface area (Å²) in [5.41, 5.74) is 5.85. The Morgan fingerprint density at radius 2 is 2.00 bits per heavy atom. The summed E-state index contributed by atoms with van der Waals surface area (Å²) in [5.74, 6) is -0.626. The van der Waals surface area contributed by atoms with Crippen molar-refractivity contribution in [2.75, 3.05) is 19.4 Å². The first-order valence-corrected chi connectivity index (χ1v) is 4.83. The van der Waals surface area contributed by atoms with Gasteiger partial charge in [-0.05, 0) is 18.2 Å². The van der Waals surface area contributed by atoms with E-state index in [4.69, 9.17) is 5.73 Å². The molecule has 0 heterocycles. The van der Waals surface area contributed by atoms with Crippen molar-refractivity contribution in [2.45, 2.75) is 0 Å². The van der Waals surface area contributed by atoms with E-state index in [1.165, 1.54) is 23.1 Å². The van der Waals surface area contributed by atoms with Gasteiger partial charge >= 0.3 is 6.03 Å². The Balaban J connectivity index is 3.05. The minimum absolute atomic E-state index is 0.205. The lowest BCUT2D eigenvalue weighted by Gasteiger charge is -2.13. The van der Waals surface area contributed by atoms with Crippen LogP contribution in [0, 0.1) is 0 Å². The number of anilines is 1. The maximum atomic E-state index is 11.4. The number of primary amides is 1. The van der Waals surface area contributed by atoms with Gasteiger partial charge in [-0.2, -0.15) is 0 Å². The van der Waals surface area contributed by atoms with E-state index in [-0.39, 0.29) is 17.2 Å². The molecule has 0 unspecified atom stereocenters. The lowest BCUT2D eigenvalue weighted by molar-refractivity contribution is 0.100. The Labute approximate surface area is 98.4 Å². The summed E-state index contributed by atoms with van der Waals surface area (Å²) in [6.07, 6.45) is 0.553. The summed E-state index contributed by atoms with van der Waals surface area (Å²) in [6, 6.07) is 3.88. The van der Waals surface area contributed by atoms with Crippen LogP contribution in [0.25, 0.3) is 0 Å². The van der Waals surface area contributed by atoms with Gasteiger partial charge in [-0.3, -0.25) is 9.59 Å². The van der Waals surface area contributed by atoms with E-state index in [1.54, 1.807) is 14.1 Å². The highest BCUT2D eigenvalue weighted by Crippen LogP contribution is 2.16. The van der Waals surface area contributed by atoms with Gasteiger partial charge in [0, 0.05) is 25.2 Å². The number of amides is 3. The molecule has 17 heavy (non-hydrogen) atoms. The van der Waals surface area contributed by atoms with E-state index in [9.17, 15) is 14.4 Å². The van der Waals surface area contributed by atoms with Crippen molar-refractivity contribution in [1.82, 2.24) is 4.90 Å². The fourth-order valence-electron chi connectivity index (χ4n) is 1.15. The monoisotopic (exact) mass is 235 g/mol. The van der Waals surface area contributed by atoms with Crippen LogP contribution < -0.4 is 11.1 Å². The van der Waals surface area contributed by atoms with Crippen molar-refractivity contribution in [1.29, 1.82) is 0 Å². The van der Waals surface area contributed by atoms with Crippen molar-refractivity contribution < 1.29 is 14.4 Å². The molecule has 6 heteroatoms. The lowest BCUT2D eigenvalue weighted by atomic mass is 10.1. The second-order valence-electron chi connectivity index (χ2n) is 3.61. The van der Waals surface area contributed by atoms with Crippen LogP contribution in [0.5, 0.6) is 0 Å². The quantitative estimate of drug-likeness (QED) is 0.755. The van der Waals surface area contributed by atoms with Gasteiger partial charge in [-0.25, -0.2) is 4.79 Å². The van der Waals surface area contributed by atoms with Gasteiger partial charge in [0.2, 0.25) is 5.91 Å². The molecule has 0 bridgehead atoms. The van der Waals surface area contributed by atoms with E-state index in [1.807, 2.05) is 0 Å². The van der Waals surface area contributed by atoms with Gasteiger partial charge in [0.15, 0.2) is 6.29 Å². The van der Waals surface area contributed by atoms with E-state index >= 15 is 0 Å². The van der Waals surface area contributed by atoms with Gasteiger partial charge in [-0.1, -0.05) is 0 Å². The third-order valence-electron chi connectivity index (χ3n) is 2.11. The minimum Gasteiger partial charge on any atom is -0.366 e. The van der Waals surface area contributed by atoms with Crippen LogP contribution >= 0.6 is 0 Å². The molecule has 0 saturated heterocycles. The molecule has 0 spiro atoms. The first-order chi connectivity index (χ1) is 7.95. The third kappa shape index (κ3) is 3.04. The average molecular weight is 235 g/mol. The second-order valence-corrected chi connectivity index (χ2v) is 3.61. The predicted molar refractivity (Wildman–Crippen MR) is 63.1 cm³/mol. The van der Waals surface area contributed by atoms with Crippen LogP contribution in [-0.4, -0.2) is 37.2 Å². The van der Waals surface area contributed by atoms with Gasteiger partial charge < -0.3 is 16.0 Å². The highest BCUT2D eigenvalue weighted by molar-refractivity contribution is 5.99. The van der Waals surface area contributed by atoms with Gasteiger partial charge in [-0.15, -0.1) is 0 Å². The normalized spacial score (nSPS) is 9.53. The number of urea groups is 1. The van der Waals surface area contributed by atoms with Gasteiger partial charge in [0.25, 0.3) is 0 Å². The Hall–Kier alpha value is -2.37. The smallest absolute Gasteiger partial charge is 0.321 e. The Morgan fingerprint density at radius 1 is 1.35 bits per heavy atom. The number of carbonyl (C=O) groups is 3. The summed E-state index contributed by atoms with van der Waals surface area (Å²) in [6.45, 7) is 0. The summed E-state index contributed by atoms with van der Waals surface area (Å²) in [4.78, 5) is 34.5. The van der Waals surface area contributed by atoms with E-state index in [0.29, 0.717) is 12.0 Å². The van der Waals surface area contributed by atoms with E-state index in [2.05, 4.69) is 5.32 Å². The van der Waals surface area contributed by atoms with E-state index < -0.39 is 5.91 Å². The molecule has 0 fully saturated rings. The standard InChI is InChI=1S/C11H13N3O3/c1-14(2)11(17)13-9-4-3-7(10(12)16)5-8(9)6-15/h3-6H,1-2H3,(H2,12,16)(H,13,17). The van der Waals surface area contributed by atoms with Crippen molar-refractivity contribution in [3.8, 4) is 0 Å². The highest BCUT2D eigenvalue weighted by Gasteiger charge is 2.10. The summed E-state index contributed by atoms with van der Waals surface area (Å²) in [7, 11) is 3.15. The molecule has 3 amide bonds. The van der Waals surface area contributed by atoms with Crippen LogP contribution in [0.4, 0.5) is 10.5 Å². The number of rotatable bonds is 3. The third-order valence-corrected chi connectivity index (χ3v) is 2.11. The Kier molecular flexibility index (Phi) is 3.82. The van der Waals surface area contributed by atoms with Crippen LogP contribution in [0.2, 0.25) is 0 Å². The predicted octanol–water partition coefficient (Wildman–Crippen LogP) is 0.692. The number of benzene rings is 1. The SMILES string of the molecule is CN(C)C(=O)Nc1ccc(C(N)=O)cc1C=O. The number of hydrogen-bond acceptors (Lipinski definition) is 3. The molecule has 0 radical (unpaired) electrons. The zero-order valence-electron chi connectivity index (χ0n) is 9.56. The van der Waals surface area contributed by atoms with Crippen LogP contribution in [0.1, 0.15) is 20.7 Å². The molecule has 90 valence electrons. The van der Waals surface area contributed by atoms with Crippen LogP contribution in [-0.2, 0) is 0 Å². The fourth-order valence-corrected chi connectivity index (χ4v) is 1.15. The molecule has 1 rings (SSSR count). The molecule has 0 aromatic heterocycles. The molecular formula is C11H13N3O3. The van der Waals surface area contributed by atoms with Crippen LogP contribution in [0.15, 0.2) is 18.2 Å². The Bertz CT molecular complexity index is 469. The molecule has 0 aliphatic carbocycles. The number of nitrogens with two attached hydrogens (primary N) is 1. The largest absolute Gasteiger partial charge is 0.366 e. The molecule has 1 aromatic rings. The molecule has 3 N–H and O–H groups in total. The number of aldehydes is 1. The highest BCUT2D eigenvalue weighted by atomic mass is 16.2.